The second kappa shape index (κ2) is 7.04. The first-order valence-electron chi connectivity index (χ1n) is 7.69. The van der Waals surface area contributed by atoms with Gasteiger partial charge in [0.15, 0.2) is 0 Å². The van der Waals surface area contributed by atoms with Gasteiger partial charge in [0.05, 0.1) is 10.7 Å². The van der Waals surface area contributed by atoms with E-state index in [1.54, 1.807) is 0 Å². The van der Waals surface area contributed by atoms with Crippen molar-refractivity contribution in [3.05, 3.63) is 46.2 Å². The molecule has 118 valence electrons. The molecule has 2 fully saturated rings. The highest BCUT2D eigenvalue weighted by Gasteiger charge is 2.28. The number of piperazine rings is 1. The van der Waals surface area contributed by atoms with Gasteiger partial charge < -0.3 is 5.32 Å². The predicted molar refractivity (Wildman–Crippen MR) is 91.6 cm³/mol. The van der Waals surface area contributed by atoms with Crippen LogP contribution >= 0.6 is 23.7 Å². The lowest BCUT2D eigenvalue weighted by Gasteiger charge is -2.35. The fourth-order valence-electron chi connectivity index (χ4n) is 2.96. The van der Waals surface area contributed by atoms with Crippen LogP contribution in [0.5, 0.6) is 0 Å². The third kappa shape index (κ3) is 3.49. The van der Waals surface area contributed by atoms with Crippen LogP contribution in [0.15, 0.2) is 29.9 Å². The minimum atomic E-state index is 0. The number of halogens is 1. The number of nitrogens with one attached hydrogen (secondary N) is 1. The van der Waals surface area contributed by atoms with Gasteiger partial charge in [-0.05, 0) is 24.5 Å². The molecule has 6 heteroatoms. The molecule has 1 aliphatic carbocycles. The summed E-state index contributed by atoms with van der Waals surface area (Å²) in [5, 5.41) is 7.09. The lowest BCUT2D eigenvalue weighted by Crippen LogP contribution is -2.45. The standard InChI is InChI=1S/C16H20N4S.ClH/c1-2-13(8-17-5-1)15-9-18-6-7-20(15)10-14-11-21-16(19-14)12-3-4-12;/h1-2,5,8,11-12,15,18H,3-4,6-7,9-10H2;1H. The van der Waals surface area contributed by atoms with Crippen LogP contribution in [0.25, 0.3) is 0 Å². The first-order chi connectivity index (χ1) is 10.4. The second-order valence-corrected chi connectivity index (χ2v) is 6.82. The Morgan fingerprint density at radius 3 is 3.05 bits per heavy atom. The van der Waals surface area contributed by atoms with Crippen LogP contribution in [0.4, 0.5) is 0 Å². The molecule has 1 unspecified atom stereocenters. The van der Waals surface area contributed by atoms with Gasteiger partial charge in [-0.2, -0.15) is 0 Å². The average Bonchev–Trinajstić information content (AvgIpc) is 3.29. The monoisotopic (exact) mass is 336 g/mol. The zero-order chi connectivity index (χ0) is 14.1. The van der Waals surface area contributed by atoms with E-state index in [0.717, 1.165) is 32.1 Å². The fourth-order valence-corrected chi connectivity index (χ4v) is 3.94. The first-order valence-corrected chi connectivity index (χ1v) is 8.57. The van der Waals surface area contributed by atoms with Gasteiger partial charge in [-0.25, -0.2) is 4.98 Å². The van der Waals surface area contributed by atoms with Crippen molar-refractivity contribution in [2.24, 2.45) is 0 Å². The number of pyridine rings is 1. The highest BCUT2D eigenvalue weighted by Crippen LogP contribution is 2.41. The summed E-state index contributed by atoms with van der Waals surface area (Å²) in [5.41, 5.74) is 2.53. The van der Waals surface area contributed by atoms with E-state index in [0.29, 0.717) is 6.04 Å². The zero-order valence-corrected chi connectivity index (χ0v) is 14.1. The van der Waals surface area contributed by atoms with Crippen LogP contribution in [-0.2, 0) is 6.54 Å². The van der Waals surface area contributed by atoms with Gasteiger partial charge in [-0.1, -0.05) is 6.07 Å². The molecule has 0 aromatic carbocycles. The average molecular weight is 337 g/mol. The van der Waals surface area contributed by atoms with Crippen LogP contribution in [0.2, 0.25) is 0 Å². The van der Waals surface area contributed by atoms with Crippen molar-refractivity contribution in [3.63, 3.8) is 0 Å². The maximum Gasteiger partial charge on any atom is 0.0959 e. The summed E-state index contributed by atoms with van der Waals surface area (Å²) in [4.78, 5) is 11.6. The van der Waals surface area contributed by atoms with Crippen molar-refractivity contribution in [2.45, 2.75) is 31.3 Å². The van der Waals surface area contributed by atoms with Gasteiger partial charge in [-0.15, -0.1) is 23.7 Å². The number of hydrogen-bond acceptors (Lipinski definition) is 5. The summed E-state index contributed by atoms with van der Waals surface area (Å²) in [5.74, 6) is 0.765. The molecule has 0 spiro atoms. The van der Waals surface area contributed by atoms with Crippen molar-refractivity contribution in [1.29, 1.82) is 0 Å². The Kier molecular flexibility index (Phi) is 5.08. The predicted octanol–water partition coefficient (Wildman–Crippen LogP) is 2.98. The summed E-state index contributed by atoms with van der Waals surface area (Å²) in [6.07, 6.45) is 6.49. The minimum absolute atomic E-state index is 0. The van der Waals surface area contributed by atoms with Crippen molar-refractivity contribution in [1.82, 2.24) is 20.2 Å². The molecular weight excluding hydrogens is 316 g/mol. The van der Waals surface area contributed by atoms with Gasteiger partial charge in [-0.3, -0.25) is 9.88 Å². The number of nitrogens with zero attached hydrogens (tertiary/aromatic N) is 3. The third-order valence-electron chi connectivity index (χ3n) is 4.28. The van der Waals surface area contributed by atoms with Crippen LogP contribution < -0.4 is 5.32 Å². The summed E-state index contributed by atoms with van der Waals surface area (Å²) >= 11 is 1.84. The van der Waals surface area contributed by atoms with E-state index in [1.165, 1.54) is 29.1 Å². The van der Waals surface area contributed by atoms with E-state index in [1.807, 2.05) is 29.8 Å². The zero-order valence-electron chi connectivity index (χ0n) is 12.4. The van der Waals surface area contributed by atoms with Gasteiger partial charge in [0.25, 0.3) is 0 Å². The van der Waals surface area contributed by atoms with Crippen LogP contribution in [-0.4, -0.2) is 34.5 Å². The van der Waals surface area contributed by atoms with Crippen molar-refractivity contribution in [2.75, 3.05) is 19.6 Å². The van der Waals surface area contributed by atoms with Gasteiger partial charge in [0.1, 0.15) is 0 Å². The van der Waals surface area contributed by atoms with E-state index in [4.69, 9.17) is 4.98 Å². The van der Waals surface area contributed by atoms with Crippen LogP contribution in [0.3, 0.4) is 0 Å². The molecule has 0 radical (unpaired) electrons. The molecular formula is C16H21ClN4S. The summed E-state index contributed by atoms with van der Waals surface area (Å²) < 4.78 is 0. The van der Waals surface area contributed by atoms with E-state index < -0.39 is 0 Å². The van der Waals surface area contributed by atoms with Gasteiger partial charge in [0.2, 0.25) is 0 Å². The molecule has 3 heterocycles. The Bertz CT molecular complexity index is 599. The molecule has 2 aliphatic rings. The summed E-state index contributed by atoms with van der Waals surface area (Å²) in [7, 11) is 0. The smallest absolute Gasteiger partial charge is 0.0959 e. The molecule has 4 nitrogen and oxygen atoms in total. The number of rotatable bonds is 4. The first kappa shape index (κ1) is 15.9. The Morgan fingerprint density at radius 1 is 1.36 bits per heavy atom. The van der Waals surface area contributed by atoms with E-state index in [2.05, 4.69) is 26.6 Å². The van der Waals surface area contributed by atoms with Crippen LogP contribution in [0.1, 0.15) is 41.1 Å². The number of thiazole rings is 1. The molecule has 1 atom stereocenters. The number of aromatic nitrogens is 2. The normalized spacial score (nSPS) is 22.3. The molecule has 1 N–H and O–H groups in total. The molecule has 2 aromatic rings. The van der Waals surface area contributed by atoms with E-state index in [-0.39, 0.29) is 12.4 Å². The Labute approximate surface area is 141 Å². The van der Waals surface area contributed by atoms with E-state index in [9.17, 15) is 0 Å². The molecule has 1 aliphatic heterocycles. The van der Waals surface area contributed by atoms with Gasteiger partial charge >= 0.3 is 0 Å². The summed E-state index contributed by atoms with van der Waals surface area (Å²) in [6, 6.07) is 4.60. The number of hydrogen-bond donors (Lipinski definition) is 1. The molecule has 1 saturated carbocycles. The Morgan fingerprint density at radius 2 is 2.27 bits per heavy atom. The van der Waals surface area contributed by atoms with E-state index >= 15 is 0 Å². The lowest BCUT2D eigenvalue weighted by molar-refractivity contribution is 0.152. The van der Waals surface area contributed by atoms with Crippen molar-refractivity contribution < 1.29 is 0 Å². The summed E-state index contributed by atoms with van der Waals surface area (Å²) in [6.45, 7) is 4.06. The molecule has 2 aromatic heterocycles. The van der Waals surface area contributed by atoms with Gasteiger partial charge in [0, 0.05) is 55.9 Å². The Hall–Kier alpha value is -1.01. The molecule has 0 amide bonds. The minimum Gasteiger partial charge on any atom is -0.314 e. The SMILES string of the molecule is Cl.c1cncc(C2CNCCN2Cc2csc(C3CC3)n2)c1. The highest BCUT2D eigenvalue weighted by atomic mass is 35.5. The maximum absolute atomic E-state index is 4.84. The van der Waals surface area contributed by atoms with Crippen molar-refractivity contribution in [3.8, 4) is 0 Å². The Balaban J connectivity index is 0.00000144. The van der Waals surface area contributed by atoms with Crippen LogP contribution in [0, 0.1) is 0 Å². The third-order valence-corrected chi connectivity index (χ3v) is 5.34. The molecule has 0 bridgehead atoms. The molecule has 4 rings (SSSR count). The molecule has 1 saturated heterocycles. The lowest BCUT2D eigenvalue weighted by atomic mass is 10.1. The van der Waals surface area contributed by atoms with Crippen molar-refractivity contribution >= 4 is 23.7 Å². The quantitative estimate of drug-likeness (QED) is 0.932. The largest absolute Gasteiger partial charge is 0.314 e. The molecule has 22 heavy (non-hydrogen) atoms. The second-order valence-electron chi connectivity index (χ2n) is 5.93. The maximum atomic E-state index is 4.84. The highest BCUT2D eigenvalue weighted by molar-refractivity contribution is 7.09. The fraction of sp³-hybridized carbons (Fsp3) is 0.500. The topological polar surface area (TPSA) is 41.1 Å².